The highest BCUT2D eigenvalue weighted by molar-refractivity contribution is 5.78. The highest BCUT2D eigenvalue weighted by Crippen LogP contribution is 2.28. The molecule has 0 amide bonds. The lowest BCUT2D eigenvalue weighted by Crippen LogP contribution is -2.19. The number of imidazole rings is 1. The predicted molar refractivity (Wildman–Crippen MR) is 78.1 cm³/mol. The van der Waals surface area contributed by atoms with Gasteiger partial charge in [-0.05, 0) is 37.1 Å². The van der Waals surface area contributed by atoms with Crippen LogP contribution in [-0.4, -0.2) is 9.55 Å². The number of nitriles is 1. The Balaban J connectivity index is 2.71. The van der Waals surface area contributed by atoms with Crippen LogP contribution in [0.25, 0.3) is 11.0 Å². The van der Waals surface area contributed by atoms with Crippen molar-refractivity contribution in [3.8, 4) is 6.07 Å². The van der Waals surface area contributed by atoms with Gasteiger partial charge in [-0.25, -0.2) is 4.98 Å². The van der Waals surface area contributed by atoms with Crippen molar-refractivity contribution in [1.29, 1.82) is 5.26 Å². The molecule has 0 saturated heterocycles. The van der Waals surface area contributed by atoms with Crippen LogP contribution in [0.1, 0.15) is 44.1 Å². The van der Waals surface area contributed by atoms with E-state index < -0.39 is 0 Å². The van der Waals surface area contributed by atoms with Crippen molar-refractivity contribution in [2.75, 3.05) is 0 Å². The molecule has 3 nitrogen and oxygen atoms in total. The van der Waals surface area contributed by atoms with Crippen molar-refractivity contribution in [1.82, 2.24) is 9.55 Å². The summed E-state index contributed by atoms with van der Waals surface area (Å²) >= 11 is 0. The van der Waals surface area contributed by atoms with Gasteiger partial charge in [0.15, 0.2) is 0 Å². The van der Waals surface area contributed by atoms with Crippen molar-refractivity contribution in [3.63, 3.8) is 0 Å². The fourth-order valence-electron chi connectivity index (χ4n) is 2.34. The van der Waals surface area contributed by atoms with Crippen LogP contribution in [0.2, 0.25) is 0 Å². The molecule has 0 fully saturated rings. The summed E-state index contributed by atoms with van der Waals surface area (Å²) in [6.07, 6.45) is 0.515. The number of fused-ring (bicyclic) bond motifs is 1. The number of rotatable bonds is 2. The lowest BCUT2D eigenvalue weighted by atomic mass is 9.95. The van der Waals surface area contributed by atoms with Gasteiger partial charge in [-0.2, -0.15) is 5.26 Å². The molecular weight excluding hydrogens is 234 g/mol. The molecule has 0 bridgehead atoms. The molecule has 0 radical (unpaired) electrons. The van der Waals surface area contributed by atoms with Gasteiger partial charge in [0.2, 0.25) is 0 Å². The Bertz CT molecular complexity index is 651. The average Bonchev–Trinajstić information content (AvgIpc) is 2.65. The molecule has 19 heavy (non-hydrogen) atoms. The Morgan fingerprint density at radius 2 is 1.84 bits per heavy atom. The van der Waals surface area contributed by atoms with E-state index in [4.69, 9.17) is 10.2 Å². The Labute approximate surface area is 114 Å². The van der Waals surface area contributed by atoms with Crippen molar-refractivity contribution in [2.45, 2.75) is 53.0 Å². The van der Waals surface area contributed by atoms with Gasteiger partial charge in [0.25, 0.3) is 0 Å². The van der Waals surface area contributed by atoms with Crippen LogP contribution in [0, 0.1) is 25.2 Å². The zero-order valence-electron chi connectivity index (χ0n) is 12.4. The van der Waals surface area contributed by atoms with Crippen LogP contribution in [0.4, 0.5) is 0 Å². The van der Waals surface area contributed by atoms with Crippen LogP contribution in [0.15, 0.2) is 12.1 Å². The molecule has 3 heteroatoms. The van der Waals surface area contributed by atoms with Crippen LogP contribution in [0.5, 0.6) is 0 Å². The van der Waals surface area contributed by atoms with E-state index in [-0.39, 0.29) is 5.41 Å². The third kappa shape index (κ3) is 2.49. The predicted octanol–water partition coefficient (Wildman–Crippen LogP) is 3.86. The Morgan fingerprint density at radius 1 is 1.21 bits per heavy atom. The first kappa shape index (κ1) is 13.6. The second kappa shape index (κ2) is 4.70. The molecule has 0 aliphatic carbocycles. The van der Waals surface area contributed by atoms with E-state index in [0.717, 1.165) is 16.9 Å². The van der Waals surface area contributed by atoms with Gasteiger partial charge >= 0.3 is 0 Å². The molecule has 0 unspecified atom stereocenters. The lowest BCUT2D eigenvalue weighted by molar-refractivity contribution is 0.506. The maximum atomic E-state index is 8.85. The minimum absolute atomic E-state index is 0.0176. The smallest absolute Gasteiger partial charge is 0.115 e. The summed E-state index contributed by atoms with van der Waals surface area (Å²) in [5.74, 6) is 1.06. The molecule has 1 aromatic carbocycles. The summed E-state index contributed by atoms with van der Waals surface area (Å²) in [7, 11) is 0. The van der Waals surface area contributed by atoms with Crippen molar-refractivity contribution in [2.24, 2.45) is 0 Å². The number of benzene rings is 1. The largest absolute Gasteiger partial charge is 0.326 e. The molecule has 100 valence electrons. The van der Waals surface area contributed by atoms with E-state index in [9.17, 15) is 0 Å². The quantitative estimate of drug-likeness (QED) is 0.817. The number of hydrogen-bond donors (Lipinski definition) is 0. The van der Waals surface area contributed by atoms with E-state index in [1.807, 2.05) is 0 Å². The first-order chi connectivity index (χ1) is 8.84. The molecule has 0 N–H and O–H groups in total. The Morgan fingerprint density at radius 3 is 2.42 bits per heavy atom. The van der Waals surface area contributed by atoms with Gasteiger partial charge < -0.3 is 4.57 Å². The third-order valence-electron chi connectivity index (χ3n) is 3.48. The highest BCUT2D eigenvalue weighted by atomic mass is 15.1. The fourth-order valence-corrected chi connectivity index (χ4v) is 2.34. The SMILES string of the molecule is Cc1cc2nc(C(C)(C)C)n(CCC#N)c2cc1C. The number of aryl methyl sites for hydroxylation is 3. The average molecular weight is 255 g/mol. The summed E-state index contributed by atoms with van der Waals surface area (Å²) in [6, 6.07) is 6.55. The zero-order chi connectivity index (χ0) is 14.2. The van der Waals surface area contributed by atoms with Crippen LogP contribution in [-0.2, 0) is 12.0 Å². The second-order valence-electron chi connectivity index (χ2n) is 6.17. The Kier molecular flexibility index (Phi) is 3.36. The lowest BCUT2D eigenvalue weighted by Gasteiger charge is -2.19. The van der Waals surface area contributed by atoms with Crippen LogP contribution in [0.3, 0.4) is 0 Å². The summed E-state index contributed by atoms with van der Waals surface area (Å²) in [4.78, 5) is 4.79. The summed E-state index contributed by atoms with van der Waals surface area (Å²) in [5.41, 5.74) is 4.69. The summed E-state index contributed by atoms with van der Waals surface area (Å²) < 4.78 is 2.20. The van der Waals surface area contributed by atoms with Gasteiger partial charge in [0.05, 0.1) is 23.5 Å². The van der Waals surface area contributed by atoms with E-state index in [1.54, 1.807) is 0 Å². The fraction of sp³-hybridized carbons (Fsp3) is 0.500. The molecule has 0 aliphatic heterocycles. The number of hydrogen-bond acceptors (Lipinski definition) is 2. The van der Waals surface area contributed by atoms with Gasteiger partial charge in [-0.3, -0.25) is 0 Å². The maximum Gasteiger partial charge on any atom is 0.115 e. The Hall–Kier alpha value is -1.82. The first-order valence-corrected chi connectivity index (χ1v) is 6.69. The number of aromatic nitrogens is 2. The minimum atomic E-state index is -0.0176. The van der Waals surface area contributed by atoms with Gasteiger partial charge in [-0.15, -0.1) is 0 Å². The van der Waals surface area contributed by atoms with Gasteiger partial charge in [-0.1, -0.05) is 20.8 Å². The van der Waals surface area contributed by atoms with Crippen molar-refractivity contribution >= 4 is 11.0 Å². The molecule has 1 aromatic heterocycles. The van der Waals surface area contributed by atoms with Gasteiger partial charge in [0.1, 0.15) is 5.82 Å². The van der Waals surface area contributed by atoms with Gasteiger partial charge in [0, 0.05) is 12.0 Å². The summed E-state index contributed by atoms with van der Waals surface area (Å²) in [5, 5.41) is 8.85. The molecule has 2 aromatic rings. The molecule has 0 spiro atoms. The molecule has 0 aliphatic rings. The van der Waals surface area contributed by atoms with Crippen molar-refractivity contribution in [3.05, 3.63) is 29.1 Å². The van der Waals surface area contributed by atoms with Crippen molar-refractivity contribution < 1.29 is 0 Å². The minimum Gasteiger partial charge on any atom is -0.326 e. The van der Waals surface area contributed by atoms with Crippen LogP contribution < -0.4 is 0 Å². The molecule has 0 saturated carbocycles. The second-order valence-corrected chi connectivity index (χ2v) is 6.17. The monoisotopic (exact) mass is 255 g/mol. The molecule has 1 heterocycles. The molecule has 0 atom stereocenters. The highest BCUT2D eigenvalue weighted by Gasteiger charge is 2.22. The zero-order valence-corrected chi connectivity index (χ0v) is 12.4. The van der Waals surface area contributed by atoms with Crippen LogP contribution >= 0.6 is 0 Å². The standard InChI is InChI=1S/C16H21N3/c1-11-9-13-14(10-12(11)2)19(8-6-7-17)15(18-13)16(3,4)5/h9-10H,6,8H2,1-5H3. The summed E-state index contributed by atoms with van der Waals surface area (Å²) in [6.45, 7) is 11.4. The van der Waals surface area contributed by atoms with E-state index >= 15 is 0 Å². The van der Waals surface area contributed by atoms with E-state index in [0.29, 0.717) is 13.0 Å². The number of nitrogens with zero attached hydrogens (tertiary/aromatic N) is 3. The van der Waals surface area contributed by atoms with E-state index in [2.05, 4.69) is 57.4 Å². The first-order valence-electron chi connectivity index (χ1n) is 6.69. The maximum absolute atomic E-state index is 8.85. The molecular formula is C16H21N3. The third-order valence-corrected chi connectivity index (χ3v) is 3.48. The normalized spacial score (nSPS) is 11.8. The topological polar surface area (TPSA) is 41.6 Å². The molecule has 2 rings (SSSR count). The van der Waals surface area contributed by atoms with E-state index in [1.165, 1.54) is 11.1 Å².